The first-order valence-electron chi connectivity index (χ1n) is 3.35. The molecule has 4 nitrogen and oxygen atoms in total. The van der Waals surface area contributed by atoms with Gasteiger partial charge in [0.25, 0.3) is 10.2 Å². The molecular weight excluding hydrogens is 152 g/mol. The van der Waals surface area contributed by atoms with E-state index in [0.717, 1.165) is 0 Å². The molecule has 0 bridgehead atoms. The van der Waals surface area contributed by atoms with Crippen LogP contribution in [0, 0.1) is 11.8 Å². The van der Waals surface area contributed by atoms with Crippen LogP contribution in [0.15, 0.2) is 0 Å². The summed E-state index contributed by atoms with van der Waals surface area (Å²) in [6.07, 6.45) is 1.20. The van der Waals surface area contributed by atoms with Gasteiger partial charge in [-0.3, -0.25) is 0 Å². The molecular formula is C5H10N2O2S. The molecule has 0 unspecified atom stereocenters. The van der Waals surface area contributed by atoms with Crippen molar-refractivity contribution in [2.75, 3.05) is 13.1 Å². The molecule has 2 fully saturated rings. The van der Waals surface area contributed by atoms with Crippen LogP contribution in [0.25, 0.3) is 0 Å². The average Bonchev–Trinajstić information content (AvgIpc) is 2.38. The standard InChI is InChI=1S/C5H10N2O2S/c6-10(8,9)7-2-4-1-5(4)3-7/h4-5H,1-3H2,(H2,6,8,9)/t4-,5+. The monoisotopic (exact) mass is 162 g/mol. The molecule has 58 valence electrons. The second-order valence-electron chi connectivity index (χ2n) is 3.12. The molecule has 0 radical (unpaired) electrons. The molecule has 1 saturated heterocycles. The molecule has 1 heterocycles. The molecule has 2 rings (SSSR count). The van der Waals surface area contributed by atoms with Crippen molar-refractivity contribution in [1.82, 2.24) is 4.31 Å². The summed E-state index contributed by atoms with van der Waals surface area (Å²) in [7, 11) is -3.37. The molecule has 1 saturated carbocycles. The van der Waals surface area contributed by atoms with Crippen molar-refractivity contribution in [3.8, 4) is 0 Å². The summed E-state index contributed by atoms with van der Waals surface area (Å²) in [6.45, 7) is 1.31. The summed E-state index contributed by atoms with van der Waals surface area (Å²) in [5, 5.41) is 4.92. The highest BCUT2D eigenvalue weighted by Crippen LogP contribution is 2.45. The highest BCUT2D eigenvalue weighted by Gasteiger charge is 2.47. The third kappa shape index (κ3) is 0.941. The Hall–Kier alpha value is -0.130. The number of rotatable bonds is 1. The normalized spacial score (nSPS) is 39.7. The molecule has 2 N–H and O–H groups in total. The Morgan fingerprint density at radius 2 is 1.80 bits per heavy atom. The van der Waals surface area contributed by atoms with Crippen LogP contribution in [0.3, 0.4) is 0 Å². The lowest BCUT2D eigenvalue weighted by Crippen LogP contribution is -2.35. The molecule has 0 aromatic carbocycles. The van der Waals surface area contributed by atoms with E-state index in [-0.39, 0.29) is 0 Å². The zero-order chi connectivity index (χ0) is 7.35. The number of fused-ring (bicyclic) bond motifs is 1. The van der Waals surface area contributed by atoms with Gasteiger partial charge < -0.3 is 0 Å². The molecule has 2 atom stereocenters. The minimum absolute atomic E-state index is 0.623. The molecule has 1 aliphatic carbocycles. The summed E-state index contributed by atoms with van der Waals surface area (Å²) >= 11 is 0. The van der Waals surface area contributed by atoms with Crippen LogP contribution in [0.2, 0.25) is 0 Å². The third-order valence-corrected chi connectivity index (χ3v) is 3.32. The van der Waals surface area contributed by atoms with Gasteiger partial charge in [0.2, 0.25) is 0 Å². The number of hydrogen-bond acceptors (Lipinski definition) is 2. The highest BCUT2D eigenvalue weighted by molar-refractivity contribution is 7.86. The van der Waals surface area contributed by atoms with Crippen LogP contribution < -0.4 is 5.14 Å². The quantitative estimate of drug-likeness (QED) is 0.545. The maximum Gasteiger partial charge on any atom is 0.276 e. The van der Waals surface area contributed by atoms with Crippen LogP contribution >= 0.6 is 0 Å². The summed E-state index contributed by atoms with van der Waals surface area (Å²) in [5.74, 6) is 1.25. The van der Waals surface area contributed by atoms with Gasteiger partial charge in [-0.25, -0.2) is 5.14 Å². The van der Waals surface area contributed by atoms with Crippen molar-refractivity contribution >= 4 is 10.2 Å². The molecule has 10 heavy (non-hydrogen) atoms. The molecule has 0 spiro atoms. The van der Waals surface area contributed by atoms with E-state index in [1.807, 2.05) is 0 Å². The van der Waals surface area contributed by atoms with Gasteiger partial charge in [-0.1, -0.05) is 0 Å². The Labute approximate surface area is 60.2 Å². The van der Waals surface area contributed by atoms with E-state index >= 15 is 0 Å². The Bertz CT molecular complexity index is 238. The molecule has 0 amide bonds. The molecule has 0 aromatic rings. The first kappa shape index (κ1) is 6.57. The van der Waals surface area contributed by atoms with Crippen LogP contribution in [0.1, 0.15) is 6.42 Å². The molecule has 2 aliphatic rings. The van der Waals surface area contributed by atoms with Crippen molar-refractivity contribution in [3.63, 3.8) is 0 Å². The number of nitrogens with zero attached hydrogens (tertiary/aromatic N) is 1. The number of piperidine rings is 1. The highest BCUT2D eigenvalue weighted by atomic mass is 32.2. The van der Waals surface area contributed by atoms with Crippen LogP contribution in [-0.2, 0) is 10.2 Å². The molecule has 0 aromatic heterocycles. The van der Waals surface area contributed by atoms with E-state index < -0.39 is 10.2 Å². The molecule has 5 heteroatoms. The zero-order valence-electron chi connectivity index (χ0n) is 5.53. The maximum atomic E-state index is 10.7. The van der Waals surface area contributed by atoms with Gasteiger partial charge in [-0.15, -0.1) is 0 Å². The largest absolute Gasteiger partial charge is 0.276 e. The fraction of sp³-hybridized carbons (Fsp3) is 1.00. The van der Waals surface area contributed by atoms with E-state index in [2.05, 4.69) is 0 Å². The van der Waals surface area contributed by atoms with E-state index in [1.165, 1.54) is 10.7 Å². The average molecular weight is 162 g/mol. The van der Waals surface area contributed by atoms with E-state index in [4.69, 9.17) is 5.14 Å². The number of hydrogen-bond donors (Lipinski definition) is 1. The minimum atomic E-state index is -3.37. The Morgan fingerprint density at radius 3 is 2.10 bits per heavy atom. The Balaban J connectivity index is 2.10. The van der Waals surface area contributed by atoms with Gasteiger partial charge in [0.1, 0.15) is 0 Å². The van der Waals surface area contributed by atoms with Crippen molar-refractivity contribution in [2.45, 2.75) is 6.42 Å². The summed E-state index contributed by atoms with van der Waals surface area (Å²) < 4.78 is 22.8. The minimum Gasteiger partial charge on any atom is -0.216 e. The van der Waals surface area contributed by atoms with E-state index in [1.54, 1.807) is 0 Å². The summed E-state index contributed by atoms with van der Waals surface area (Å²) in [5.41, 5.74) is 0. The van der Waals surface area contributed by atoms with Gasteiger partial charge in [-0.05, 0) is 18.3 Å². The van der Waals surface area contributed by atoms with Gasteiger partial charge in [0, 0.05) is 13.1 Å². The smallest absolute Gasteiger partial charge is 0.216 e. The molecule has 1 aliphatic heterocycles. The first-order chi connectivity index (χ1) is 4.57. The lowest BCUT2D eigenvalue weighted by molar-refractivity contribution is 0.444. The Morgan fingerprint density at radius 1 is 1.30 bits per heavy atom. The van der Waals surface area contributed by atoms with Crippen molar-refractivity contribution in [1.29, 1.82) is 0 Å². The zero-order valence-corrected chi connectivity index (χ0v) is 6.34. The van der Waals surface area contributed by atoms with Gasteiger partial charge in [0.15, 0.2) is 0 Å². The van der Waals surface area contributed by atoms with E-state index in [0.29, 0.717) is 24.9 Å². The SMILES string of the molecule is NS(=O)(=O)N1C[C@H]2C[C@H]2C1. The first-order valence-corrected chi connectivity index (χ1v) is 4.85. The van der Waals surface area contributed by atoms with Crippen LogP contribution in [-0.4, -0.2) is 25.8 Å². The Kier molecular flexibility index (Phi) is 1.13. The fourth-order valence-electron chi connectivity index (χ4n) is 1.56. The maximum absolute atomic E-state index is 10.7. The second-order valence-corrected chi connectivity index (χ2v) is 4.66. The summed E-state index contributed by atoms with van der Waals surface area (Å²) in [6, 6.07) is 0. The number of nitrogens with two attached hydrogens (primary N) is 1. The topological polar surface area (TPSA) is 63.4 Å². The van der Waals surface area contributed by atoms with Crippen LogP contribution in [0.4, 0.5) is 0 Å². The predicted molar refractivity (Wildman–Crippen MR) is 36.3 cm³/mol. The van der Waals surface area contributed by atoms with Gasteiger partial charge in [-0.2, -0.15) is 12.7 Å². The third-order valence-electron chi connectivity index (χ3n) is 2.31. The van der Waals surface area contributed by atoms with Gasteiger partial charge >= 0.3 is 0 Å². The van der Waals surface area contributed by atoms with Crippen molar-refractivity contribution in [3.05, 3.63) is 0 Å². The van der Waals surface area contributed by atoms with Crippen LogP contribution in [0.5, 0.6) is 0 Å². The fourth-order valence-corrected chi connectivity index (χ4v) is 2.36. The summed E-state index contributed by atoms with van der Waals surface area (Å²) in [4.78, 5) is 0. The van der Waals surface area contributed by atoms with Crippen molar-refractivity contribution in [2.24, 2.45) is 17.0 Å². The predicted octanol–water partition coefficient (Wildman–Crippen LogP) is -0.858. The second kappa shape index (κ2) is 1.72. The van der Waals surface area contributed by atoms with Crippen molar-refractivity contribution < 1.29 is 8.42 Å². The van der Waals surface area contributed by atoms with E-state index in [9.17, 15) is 8.42 Å². The lowest BCUT2D eigenvalue weighted by Gasteiger charge is -2.12. The lowest BCUT2D eigenvalue weighted by atomic mass is 10.4. The van der Waals surface area contributed by atoms with Gasteiger partial charge in [0.05, 0.1) is 0 Å².